The van der Waals surface area contributed by atoms with E-state index in [2.05, 4.69) is 0 Å². The Balaban J connectivity index is 1.89. The molecule has 0 unspecified atom stereocenters. The molecule has 1 aromatic heterocycles. The Bertz CT molecular complexity index is 1060. The summed E-state index contributed by atoms with van der Waals surface area (Å²) < 4.78 is 15.0. The van der Waals surface area contributed by atoms with Gasteiger partial charge in [-0.2, -0.15) is 0 Å². The van der Waals surface area contributed by atoms with E-state index >= 15 is 0 Å². The van der Waals surface area contributed by atoms with Crippen LogP contribution in [0, 0.1) is 5.82 Å². The molecular weight excluding hydrogens is 383 g/mol. The number of benzene rings is 2. The van der Waals surface area contributed by atoms with E-state index in [0.29, 0.717) is 18.8 Å². The Labute approximate surface area is 174 Å². The van der Waals surface area contributed by atoms with Gasteiger partial charge in [0.25, 0.3) is 0 Å². The quantitative estimate of drug-likeness (QED) is 0.306. The summed E-state index contributed by atoms with van der Waals surface area (Å²) in [4.78, 5) is 37.8. The molecule has 30 heavy (non-hydrogen) atoms. The lowest BCUT2D eigenvalue weighted by molar-refractivity contribution is -0.134. The van der Waals surface area contributed by atoms with Crippen molar-refractivity contribution < 1.29 is 18.8 Å². The first-order valence-corrected chi connectivity index (χ1v) is 9.60. The van der Waals surface area contributed by atoms with Gasteiger partial charge in [0, 0.05) is 33.3 Å². The maximum atomic E-state index is 13.2. The first kappa shape index (κ1) is 21.2. The molecule has 0 aliphatic heterocycles. The van der Waals surface area contributed by atoms with E-state index in [0.717, 1.165) is 23.7 Å². The molecule has 0 saturated heterocycles. The lowest BCUT2D eigenvalue weighted by Gasteiger charge is -2.17. The van der Waals surface area contributed by atoms with Crippen molar-refractivity contribution in [2.24, 2.45) is 0 Å². The first-order chi connectivity index (χ1) is 14.3. The lowest BCUT2D eigenvalue weighted by Crippen LogP contribution is -2.17. The Morgan fingerprint density at radius 3 is 2.27 bits per heavy atom. The van der Waals surface area contributed by atoms with Crippen LogP contribution in [-0.4, -0.2) is 29.0 Å². The normalized spacial score (nSPS) is 10.6. The monoisotopic (exact) mass is 406 g/mol. The molecule has 0 N–H and O–H groups in total. The van der Waals surface area contributed by atoms with Gasteiger partial charge in [-0.25, -0.2) is 4.39 Å². The van der Waals surface area contributed by atoms with Crippen molar-refractivity contribution in [1.29, 1.82) is 0 Å². The molecule has 0 saturated carbocycles. The smallest absolute Gasteiger partial charge is 0.205 e. The first-order valence-electron chi connectivity index (χ1n) is 9.60. The molecule has 0 fully saturated rings. The van der Waals surface area contributed by atoms with Crippen molar-refractivity contribution in [3.05, 3.63) is 89.5 Å². The second-order valence-electron chi connectivity index (χ2n) is 7.26. The van der Waals surface area contributed by atoms with Crippen LogP contribution in [0.1, 0.15) is 35.0 Å². The lowest BCUT2D eigenvalue weighted by atomic mass is 10.1. The van der Waals surface area contributed by atoms with Crippen LogP contribution in [0.5, 0.6) is 0 Å². The molecule has 0 radical (unpaired) electrons. The molecule has 2 aromatic carbocycles. The van der Waals surface area contributed by atoms with Gasteiger partial charge in [0.2, 0.25) is 5.78 Å². The number of anilines is 1. The third-order valence-corrected chi connectivity index (χ3v) is 4.85. The molecule has 1 heterocycles. The zero-order chi connectivity index (χ0) is 21.7. The van der Waals surface area contributed by atoms with Gasteiger partial charge < -0.3 is 9.47 Å². The highest BCUT2D eigenvalue weighted by Gasteiger charge is 2.20. The van der Waals surface area contributed by atoms with E-state index in [1.807, 2.05) is 48.5 Å². The van der Waals surface area contributed by atoms with E-state index in [1.54, 1.807) is 22.8 Å². The van der Waals surface area contributed by atoms with Crippen LogP contribution in [0.3, 0.4) is 0 Å². The largest absolute Gasteiger partial charge is 0.369 e. The average molecular weight is 406 g/mol. The molecule has 0 aliphatic rings. The summed E-state index contributed by atoms with van der Waals surface area (Å²) in [6.07, 6.45) is 1.36. The number of carbonyl (C=O) groups is 3. The number of ketones is 3. The molecule has 0 aliphatic carbocycles. The van der Waals surface area contributed by atoms with Crippen LogP contribution < -0.4 is 4.90 Å². The standard InChI is InChI=1S/C24H23FN2O3/c1-17(28)23(29)13-24(30)22-12-21(26(2)14-18-6-4-3-5-7-18)16-27(22)15-19-8-10-20(25)11-9-19/h3-12,16H,13-15H2,1-2H3. The fraction of sp³-hybridized carbons (Fsp3) is 0.208. The van der Waals surface area contributed by atoms with Gasteiger partial charge in [-0.3, -0.25) is 14.4 Å². The van der Waals surface area contributed by atoms with Crippen molar-refractivity contribution in [3.63, 3.8) is 0 Å². The molecule has 154 valence electrons. The highest BCUT2D eigenvalue weighted by molar-refractivity contribution is 6.40. The number of halogens is 1. The predicted octanol–water partition coefficient (Wildman–Crippen LogP) is 4.04. The van der Waals surface area contributed by atoms with E-state index in [-0.39, 0.29) is 5.82 Å². The highest BCUT2D eigenvalue weighted by atomic mass is 19.1. The number of nitrogens with zero attached hydrogens (tertiary/aromatic N) is 2. The molecular formula is C24H23FN2O3. The molecule has 0 bridgehead atoms. The summed E-state index contributed by atoms with van der Waals surface area (Å²) in [7, 11) is 1.92. The van der Waals surface area contributed by atoms with Crippen molar-refractivity contribution >= 4 is 23.0 Å². The van der Waals surface area contributed by atoms with Gasteiger partial charge in [-0.15, -0.1) is 0 Å². The van der Waals surface area contributed by atoms with Crippen LogP contribution in [0.15, 0.2) is 66.9 Å². The van der Waals surface area contributed by atoms with E-state index in [4.69, 9.17) is 0 Å². The Morgan fingerprint density at radius 2 is 1.63 bits per heavy atom. The summed E-state index contributed by atoms with van der Waals surface area (Å²) in [5.41, 5.74) is 3.07. The zero-order valence-electron chi connectivity index (χ0n) is 17.0. The van der Waals surface area contributed by atoms with Crippen LogP contribution >= 0.6 is 0 Å². The number of carbonyl (C=O) groups excluding carboxylic acids is 3. The van der Waals surface area contributed by atoms with Crippen molar-refractivity contribution in [2.75, 3.05) is 11.9 Å². The summed E-state index contributed by atoms with van der Waals surface area (Å²) in [6, 6.07) is 17.7. The fourth-order valence-electron chi connectivity index (χ4n) is 3.17. The third kappa shape index (κ3) is 5.29. The summed E-state index contributed by atoms with van der Waals surface area (Å²) >= 11 is 0. The Kier molecular flexibility index (Phi) is 6.57. The van der Waals surface area contributed by atoms with E-state index < -0.39 is 23.8 Å². The molecule has 6 heteroatoms. The van der Waals surface area contributed by atoms with Crippen LogP contribution in [0.4, 0.5) is 10.1 Å². The number of hydrogen-bond acceptors (Lipinski definition) is 4. The van der Waals surface area contributed by atoms with Gasteiger partial charge in [0.1, 0.15) is 5.82 Å². The van der Waals surface area contributed by atoms with Gasteiger partial charge in [0.05, 0.1) is 17.8 Å². The Hall–Kier alpha value is -3.54. The van der Waals surface area contributed by atoms with E-state index in [9.17, 15) is 18.8 Å². The minimum absolute atomic E-state index is 0.335. The number of rotatable bonds is 9. The predicted molar refractivity (Wildman–Crippen MR) is 113 cm³/mol. The maximum Gasteiger partial charge on any atom is 0.205 e. The van der Waals surface area contributed by atoms with Crippen LogP contribution in [-0.2, 0) is 22.7 Å². The summed E-state index contributed by atoms with van der Waals surface area (Å²) in [6.45, 7) is 2.14. The van der Waals surface area contributed by atoms with Crippen molar-refractivity contribution in [3.8, 4) is 0 Å². The van der Waals surface area contributed by atoms with Gasteiger partial charge in [-0.05, 0) is 29.3 Å². The Morgan fingerprint density at radius 1 is 0.967 bits per heavy atom. The molecule has 0 amide bonds. The SMILES string of the molecule is CC(=O)C(=O)CC(=O)c1cc(N(C)Cc2ccccc2)cn1Cc1ccc(F)cc1. The molecule has 0 spiro atoms. The fourth-order valence-corrected chi connectivity index (χ4v) is 3.17. The third-order valence-electron chi connectivity index (χ3n) is 4.85. The van der Waals surface area contributed by atoms with Gasteiger partial charge in [0.15, 0.2) is 11.6 Å². The highest BCUT2D eigenvalue weighted by Crippen LogP contribution is 2.22. The molecule has 3 rings (SSSR count). The average Bonchev–Trinajstić information content (AvgIpc) is 3.14. The molecule has 3 aromatic rings. The second-order valence-corrected chi connectivity index (χ2v) is 7.26. The number of hydrogen-bond donors (Lipinski definition) is 0. The minimum Gasteiger partial charge on any atom is -0.369 e. The van der Waals surface area contributed by atoms with Crippen molar-refractivity contribution in [1.82, 2.24) is 4.57 Å². The minimum atomic E-state index is -0.714. The number of Topliss-reactive ketones (excluding diaryl/α,β-unsaturated/α-hetero) is 3. The van der Waals surface area contributed by atoms with Gasteiger partial charge in [-0.1, -0.05) is 42.5 Å². The van der Waals surface area contributed by atoms with Crippen LogP contribution in [0.2, 0.25) is 0 Å². The van der Waals surface area contributed by atoms with Gasteiger partial charge >= 0.3 is 0 Å². The summed E-state index contributed by atoms with van der Waals surface area (Å²) in [5, 5.41) is 0. The zero-order valence-corrected chi connectivity index (χ0v) is 17.0. The summed E-state index contributed by atoms with van der Waals surface area (Å²) in [5.74, 6) is -2.11. The second kappa shape index (κ2) is 9.31. The van der Waals surface area contributed by atoms with Crippen LogP contribution in [0.25, 0.3) is 0 Å². The maximum absolute atomic E-state index is 13.2. The topological polar surface area (TPSA) is 59.4 Å². The number of aromatic nitrogens is 1. The van der Waals surface area contributed by atoms with E-state index in [1.165, 1.54) is 12.1 Å². The molecule has 0 atom stereocenters. The molecule has 5 nitrogen and oxygen atoms in total. The van der Waals surface area contributed by atoms with Crippen molar-refractivity contribution in [2.45, 2.75) is 26.4 Å².